The Hall–Kier alpha value is -0.350. The molecule has 106 valence electrons. The van der Waals surface area contributed by atoms with Gasteiger partial charge in [0.25, 0.3) is 0 Å². The van der Waals surface area contributed by atoms with Gasteiger partial charge in [-0.1, -0.05) is 23.2 Å². The monoisotopic (exact) mass is 305 g/mol. The van der Waals surface area contributed by atoms with E-state index in [1.165, 1.54) is 12.1 Å². The Morgan fingerprint density at radius 3 is 2.68 bits per heavy atom. The molecule has 0 aromatic heterocycles. The first-order valence-corrected chi connectivity index (χ1v) is 7.29. The predicted octanol–water partition coefficient (Wildman–Crippen LogP) is 4.35. The summed E-state index contributed by atoms with van der Waals surface area (Å²) in [5, 5.41) is 3.98. The molecule has 0 spiro atoms. The summed E-state index contributed by atoms with van der Waals surface area (Å²) in [5.74, 6) is -0.435. The minimum Gasteiger partial charge on any atom is -0.378 e. The molecule has 2 nitrogen and oxygen atoms in total. The van der Waals surface area contributed by atoms with Crippen LogP contribution in [0.25, 0.3) is 0 Å². The SMILES string of the molecule is CCOC1CC(NC(C)c2cc(F)c(Cl)cc2Cl)C1. The van der Waals surface area contributed by atoms with Crippen molar-refractivity contribution in [2.24, 2.45) is 0 Å². The minimum absolute atomic E-state index is 0.00755. The van der Waals surface area contributed by atoms with Crippen LogP contribution < -0.4 is 5.32 Å². The molecule has 1 aromatic rings. The van der Waals surface area contributed by atoms with Crippen LogP contribution in [0.1, 0.15) is 38.3 Å². The summed E-state index contributed by atoms with van der Waals surface area (Å²) in [7, 11) is 0. The van der Waals surface area contributed by atoms with Crippen LogP contribution in [0.3, 0.4) is 0 Å². The van der Waals surface area contributed by atoms with E-state index in [-0.39, 0.29) is 11.1 Å². The Balaban J connectivity index is 1.94. The zero-order valence-corrected chi connectivity index (χ0v) is 12.6. The van der Waals surface area contributed by atoms with Crippen LogP contribution in [0.4, 0.5) is 4.39 Å². The van der Waals surface area contributed by atoms with E-state index in [1.807, 2.05) is 13.8 Å². The molecule has 1 saturated carbocycles. The van der Waals surface area contributed by atoms with Crippen LogP contribution in [-0.4, -0.2) is 18.8 Å². The summed E-state index contributed by atoms with van der Waals surface area (Å²) in [6.45, 7) is 4.73. The van der Waals surface area contributed by atoms with Crippen molar-refractivity contribution >= 4 is 23.2 Å². The molecule has 1 unspecified atom stereocenters. The van der Waals surface area contributed by atoms with Gasteiger partial charge in [0.1, 0.15) is 5.82 Å². The molecule has 5 heteroatoms. The van der Waals surface area contributed by atoms with E-state index in [9.17, 15) is 4.39 Å². The van der Waals surface area contributed by atoms with Crippen LogP contribution in [0.15, 0.2) is 12.1 Å². The molecule has 1 aliphatic carbocycles. The molecule has 0 saturated heterocycles. The highest BCUT2D eigenvalue weighted by molar-refractivity contribution is 6.35. The Kier molecular flexibility index (Phi) is 5.07. The highest BCUT2D eigenvalue weighted by atomic mass is 35.5. The summed E-state index contributed by atoms with van der Waals surface area (Å²) in [6, 6.07) is 3.25. The topological polar surface area (TPSA) is 21.3 Å². The first-order chi connectivity index (χ1) is 9.01. The lowest BCUT2D eigenvalue weighted by Crippen LogP contribution is -2.46. The molecule has 0 aliphatic heterocycles. The molecule has 19 heavy (non-hydrogen) atoms. The van der Waals surface area contributed by atoms with Crippen molar-refractivity contribution in [1.82, 2.24) is 5.32 Å². The second kappa shape index (κ2) is 6.40. The van der Waals surface area contributed by atoms with Gasteiger partial charge in [0.15, 0.2) is 0 Å². The van der Waals surface area contributed by atoms with Gasteiger partial charge in [-0.3, -0.25) is 0 Å². The third kappa shape index (κ3) is 3.60. The summed E-state index contributed by atoms with van der Waals surface area (Å²) in [4.78, 5) is 0. The highest BCUT2D eigenvalue weighted by Gasteiger charge is 2.30. The van der Waals surface area contributed by atoms with Crippen molar-refractivity contribution in [1.29, 1.82) is 0 Å². The first kappa shape index (κ1) is 15.0. The fourth-order valence-corrected chi connectivity index (χ4v) is 2.93. The van der Waals surface area contributed by atoms with E-state index >= 15 is 0 Å². The molecule has 0 heterocycles. The zero-order valence-electron chi connectivity index (χ0n) is 11.1. The largest absolute Gasteiger partial charge is 0.378 e. The lowest BCUT2D eigenvalue weighted by atomic mass is 9.88. The van der Waals surface area contributed by atoms with Gasteiger partial charge in [-0.15, -0.1) is 0 Å². The molecule has 1 aliphatic rings. The van der Waals surface area contributed by atoms with Gasteiger partial charge < -0.3 is 10.1 Å². The molecule has 1 atom stereocenters. The Morgan fingerprint density at radius 1 is 1.37 bits per heavy atom. The zero-order chi connectivity index (χ0) is 14.0. The van der Waals surface area contributed by atoms with Gasteiger partial charge in [-0.2, -0.15) is 0 Å². The molecule has 2 rings (SSSR count). The average molecular weight is 306 g/mol. The summed E-state index contributed by atoms with van der Waals surface area (Å²) in [6.07, 6.45) is 2.34. The Labute approximate surface area is 123 Å². The number of ether oxygens (including phenoxy) is 1. The van der Waals surface area contributed by atoms with Gasteiger partial charge in [0.2, 0.25) is 0 Å². The van der Waals surface area contributed by atoms with Gasteiger partial charge in [0, 0.05) is 23.7 Å². The van der Waals surface area contributed by atoms with E-state index in [0.717, 1.165) is 25.0 Å². The molecule has 0 amide bonds. The van der Waals surface area contributed by atoms with Crippen LogP contribution in [-0.2, 0) is 4.74 Å². The average Bonchev–Trinajstić information content (AvgIpc) is 2.31. The van der Waals surface area contributed by atoms with E-state index in [4.69, 9.17) is 27.9 Å². The molecular weight excluding hydrogens is 288 g/mol. The number of hydrogen-bond acceptors (Lipinski definition) is 2. The maximum Gasteiger partial charge on any atom is 0.142 e. The second-order valence-electron chi connectivity index (χ2n) is 4.92. The van der Waals surface area contributed by atoms with Crippen molar-refractivity contribution in [2.75, 3.05) is 6.61 Å². The number of halogens is 3. The molecule has 1 aromatic carbocycles. The molecule has 0 radical (unpaired) electrons. The van der Waals surface area contributed by atoms with E-state index in [0.29, 0.717) is 17.2 Å². The second-order valence-corrected chi connectivity index (χ2v) is 5.74. The third-order valence-corrected chi connectivity index (χ3v) is 4.11. The lowest BCUT2D eigenvalue weighted by Gasteiger charge is -2.37. The molecule has 1 N–H and O–H groups in total. The van der Waals surface area contributed by atoms with E-state index < -0.39 is 5.82 Å². The first-order valence-electron chi connectivity index (χ1n) is 6.53. The van der Waals surface area contributed by atoms with Crippen molar-refractivity contribution in [3.8, 4) is 0 Å². The summed E-state index contributed by atoms with van der Waals surface area (Å²) >= 11 is 11.8. The van der Waals surface area contributed by atoms with Crippen molar-refractivity contribution in [3.05, 3.63) is 33.6 Å². The standard InChI is InChI=1S/C14H18Cl2FNO/c1-3-19-10-4-9(5-10)18-8(2)11-6-14(17)13(16)7-12(11)15/h6-10,18H,3-5H2,1-2H3. The maximum absolute atomic E-state index is 13.5. The fourth-order valence-electron chi connectivity index (χ4n) is 2.39. The quantitative estimate of drug-likeness (QED) is 0.817. The molecular formula is C14H18Cl2FNO. The van der Waals surface area contributed by atoms with Crippen LogP contribution >= 0.6 is 23.2 Å². The minimum atomic E-state index is -0.435. The van der Waals surface area contributed by atoms with Gasteiger partial charge in [-0.05, 0) is 44.4 Å². The van der Waals surface area contributed by atoms with Crippen LogP contribution in [0.2, 0.25) is 10.0 Å². The number of rotatable bonds is 5. The van der Waals surface area contributed by atoms with E-state index in [2.05, 4.69) is 5.32 Å². The summed E-state index contributed by atoms with van der Waals surface area (Å²) in [5.41, 5.74) is 0.739. The van der Waals surface area contributed by atoms with Crippen LogP contribution in [0.5, 0.6) is 0 Å². The van der Waals surface area contributed by atoms with Gasteiger partial charge >= 0.3 is 0 Å². The number of benzene rings is 1. The maximum atomic E-state index is 13.5. The molecule has 0 bridgehead atoms. The third-order valence-electron chi connectivity index (χ3n) is 3.49. The van der Waals surface area contributed by atoms with Crippen molar-refractivity contribution < 1.29 is 9.13 Å². The van der Waals surface area contributed by atoms with Crippen LogP contribution in [0, 0.1) is 5.82 Å². The smallest absolute Gasteiger partial charge is 0.142 e. The summed E-state index contributed by atoms with van der Waals surface area (Å²) < 4.78 is 19.0. The predicted molar refractivity (Wildman–Crippen MR) is 76.4 cm³/mol. The van der Waals surface area contributed by atoms with Gasteiger partial charge in [-0.25, -0.2) is 4.39 Å². The Bertz CT molecular complexity index is 449. The normalized spacial score (nSPS) is 24.1. The van der Waals surface area contributed by atoms with Crippen molar-refractivity contribution in [3.63, 3.8) is 0 Å². The lowest BCUT2D eigenvalue weighted by molar-refractivity contribution is -0.0120. The number of nitrogens with one attached hydrogen (secondary N) is 1. The van der Waals surface area contributed by atoms with E-state index in [1.54, 1.807) is 0 Å². The Morgan fingerprint density at radius 2 is 2.05 bits per heavy atom. The van der Waals surface area contributed by atoms with Crippen molar-refractivity contribution in [2.45, 2.75) is 44.9 Å². The van der Waals surface area contributed by atoms with Gasteiger partial charge in [0.05, 0.1) is 11.1 Å². The molecule has 1 fully saturated rings. The fraction of sp³-hybridized carbons (Fsp3) is 0.571. The number of hydrogen-bond donors (Lipinski definition) is 1. The highest BCUT2D eigenvalue weighted by Crippen LogP contribution is 2.31.